The van der Waals surface area contributed by atoms with Crippen LogP contribution >= 0.6 is 0 Å². The van der Waals surface area contributed by atoms with E-state index in [9.17, 15) is 0 Å². The quantitative estimate of drug-likeness (QED) is 0.809. The van der Waals surface area contributed by atoms with Crippen LogP contribution in [0.25, 0.3) is 0 Å². The van der Waals surface area contributed by atoms with E-state index in [1.54, 1.807) is 0 Å². The van der Waals surface area contributed by atoms with Gasteiger partial charge >= 0.3 is 0 Å². The fraction of sp³-hybridized carbons (Fsp3) is 0.750. The van der Waals surface area contributed by atoms with Crippen molar-refractivity contribution >= 4 is 5.95 Å². The smallest absolute Gasteiger partial charge is 0.225 e. The second-order valence-corrected chi connectivity index (χ2v) is 6.12. The Labute approximate surface area is 128 Å². The first-order valence-electron chi connectivity index (χ1n) is 7.95. The predicted octanol–water partition coefficient (Wildman–Crippen LogP) is 1.72. The van der Waals surface area contributed by atoms with Crippen molar-refractivity contribution in [3.05, 3.63) is 17.0 Å². The van der Waals surface area contributed by atoms with Crippen LogP contribution in [0.5, 0.6) is 0 Å². The molecule has 2 heterocycles. The number of aromatic nitrogens is 2. The van der Waals surface area contributed by atoms with E-state index in [2.05, 4.69) is 37.9 Å². The van der Waals surface area contributed by atoms with E-state index in [1.165, 1.54) is 5.56 Å². The lowest BCUT2D eigenvalue weighted by molar-refractivity contribution is 0.122. The molecule has 0 spiro atoms. The van der Waals surface area contributed by atoms with Gasteiger partial charge < -0.3 is 15.0 Å². The van der Waals surface area contributed by atoms with E-state index >= 15 is 0 Å². The summed E-state index contributed by atoms with van der Waals surface area (Å²) in [7, 11) is 0. The molecule has 0 aliphatic carbocycles. The lowest BCUT2D eigenvalue weighted by Crippen LogP contribution is -2.37. The topological polar surface area (TPSA) is 50.3 Å². The van der Waals surface area contributed by atoms with Gasteiger partial charge in [-0.3, -0.25) is 0 Å². The number of ether oxygens (including phenoxy) is 1. The van der Waals surface area contributed by atoms with Crippen molar-refractivity contribution in [2.24, 2.45) is 5.92 Å². The maximum absolute atomic E-state index is 5.38. The van der Waals surface area contributed by atoms with Gasteiger partial charge in [-0.05, 0) is 44.8 Å². The average molecular weight is 292 g/mol. The number of morpholine rings is 1. The van der Waals surface area contributed by atoms with Crippen molar-refractivity contribution in [3.63, 3.8) is 0 Å². The van der Waals surface area contributed by atoms with Crippen molar-refractivity contribution in [3.8, 4) is 0 Å². The summed E-state index contributed by atoms with van der Waals surface area (Å²) < 4.78 is 5.38. The molecule has 0 unspecified atom stereocenters. The highest BCUT2D eigenvalue weighted by atomic mass is 16.5. The molecular weight excluding hydrogens is 264 g/mol. The molecule has 1 N–H and O–H groups in total. The number of anilines is 1. The third-order valence-corrected chi connectivity index (χ3v) is 3.81. The number of hydrogen-bond acceptors (Lipinski definition) is 5. The molecular formula is C16H28N4O. The van der Waals surface area contributed by atoms with Crippen molar-refractivity contribution in [1.29, 1.82) is 0 Å². The van der Waals surface area contributed by atoms with Crippen LogP contribution in [0.2, 0.25) is 0 Å². The molecule has 0 amide bonds. The third kappa shape index (κ3) is 4.64. The second kappa shape index (κ2) is 7.71. The summed E-state index contributed by atoms with van der Waals surface area (Å²) in [5.74, 6) is 1.54. The number of nitrogens with zero attached hydrogens (tertiary/aromatic N) is 3. The summed E-state index contributed by atoms with van der Waals surface area (Å²) in [6.07, 6.45) is 0.994. The maximum Gasteiger partial charge on any atom is 0.225 e. The summed E-state index contributed by atoms with van der Waals surface area (Å²) in [6, 6.07) is 0. The number of nitrogens with one attached hydrogen (secondary N) is 1. The summed E-state index contributed by atoms with van der Waals surface area (Å²) in [6.45, 7) is 14.0. The molecule has 0 aromatic carbocycles. The van der Waals surface area contributed by atoms with Crippen molar-refractivity contribution in [2.45, 2.75) is 34.1 Å². The third-order valence-electron chi connectivity index (χ3n) is 3.81. The van der Waals surface area contributed by atoms with Gasteiger partial charge in [-0.15, -0.1) is 0 Å². The molecule has 1 aromatic rings. The van der Waals surface area contributed by atoms with Crippen LogP contribution in [0.1, 0.15) is 30.8 Å². The summed E-state index contributed by atoms with van der Waals surface area (Å²) in [5, 5.41) is 3.48. The fourth-order valence-electron chi connectivity index (χ4n) is 2.59. The molecule has 0 atom stereocenters. The van der Waals surface area contributed by atoms with E-state index in [1.807, 2.05) is 0 Å². The zero-order valence-electron chi connectivity index (χ0n) is 13.8. The van der Waals surface area contributed by atoms with E-state index in [0.29, 0.717) is 5.92 Å². The highest BCUT2D eigenvalue weighted by molar-refractivity contribution is 5.37. The van der Waals surface area contributed by atoms with Crippen LogP contribution in [0.15, 0.2) is 0 Å². The van der Waals surface area contributed by atoms with Crippen LogP contribution < -0.4 is 10.2 Å². The number of rotatable bonds is 6. The molecule has 1 saturated heterocycles. The summed E-state index contributed by atoms with van der Waals surface area (Å²) >= 11 is 0. The Balaban J connectivity index is 1.99. The Morgan fingerprint density at radius 1 is 1.14 bits per heavy atom. The van der Waals surface area contributed by atoms with Gasteiger partial charge in [-0.1, -0.05) is 13.8 Å². The number of hydrogen-bond donors (Lipinski definition) is 1. The first-order chi connectivity index (χ1) is 10.1. The van der Waals surface area contributed by atoms with Crippen LogP contribution in [0.4, 0.5) is 5.95 Å². The van der Waals surface area contributed by atoms with E-state index in [-0.39, 0.29) is 0 Å². The molecule has 5 nitrogen and oxygen atoms in total. The SMILES string of the molecule is Cc1nc(N2CCOCC2)nc(C)c1CCNCC(C)C. The Morgan fingerprint density at radius 3 is 2.33 bits per heavy atom. The van der Waals surface area contributed by atoms with Gasteiger partial charge in [0, 0.05) is 24.5 Å². The molecule has 1 aliphatic heterocycles. The Kier molecular flexibility index (Phi) is 5.94. The molecule has 0 radical (unpaired) electrons. The second-order valence-electron chi connectivity index (χ2n) is 6.12. The van der Waals surface area contributed by atoms with E-state index < -0.39 is 0 Å². The van der Waals surface area contributed by atoms with Crippen molar-refractivity contribution < 1.29 is 4.74 Å². The predicted molar refractivity (Wildman–Crippen MR) is 85.9 cm³/mol. The van der Waals surface area contributed by atoms with Crippen LogP contribution in [0, 0.1) is 19.8 Å². The van der Waals surface area contributed by atoms with Crippen LogP contribution in [-0.2, 0) is 11.2 Å². The van der Waals surface area contributed by atoms with Gasteiger partial charge in [0.2, 0.25) is 5.95 Å². The van der Waals surface area contributed by atoms with E-state index in [4.69, 9.17) is 14.7 Å². The molecule has 118 valence electrons. The molecule has 5 heteroatoms. The van der Waals surface area contributed by atoms with Crippen molar-refractivity contribution in [1.82, 2.24) is 15.3 Å². The average Bonchev–Trinajstić information content (AvgIpc) is 2.46. The van der Waals surface area contributed by atoms with Gasteiger partial charge in [0.1, 0.15) is 0 Å². The minimum Gasteiger partial charge on any atom is -0.378 e. The van der Waals surface area contributed by atoms with Gasteiger partial charge in [0.05, 0.1) is 13.2 Å². The molecule has 0 bridgehead atoms. The Bertz CT molecular complexity index is 433. The highest BCUT2D eigenvalue weighted by Crippen LogP contribution is 2.17. The molecule has 2 rings (SSSR count). The standard InChI is InChI=1S/C16H28N4O/c1-12(2)11-17-6-5-15-13(3)18-16(19-14(15)4)20-7-9-21-10-8-20/h12,17H,5-11H2,1-4H3. The minimum atomic E-state index is 0.687. The van der Waals surface area contributed by atoms with Crippen LogP contribution in [-0.4, -0.2) is 49.4 Å². The lowest BCUT2D eigenvalue weighted by Gasteiger charge is -2.27. The van der Waals surface area contributed by atoms with Gasteiger partial charge in [0.25, 0.3) is 0 Å². The monoisotopic (exact) mass is 292 g/mol. The molecule has 1 aromatic heterocycles. The molecule has 1 aliphatic rings. The largest absolute Gasteiger partial charge is 0.378 e. The fourth-order valence-corrected chi connectivity index (χ4v) is 2.59. The lowest BCUT2D eigenvalue weighted by atomic mass is 10.1. The molecule has 0 saturated carbocycles. The normalized spacial score (nSPS) is 15.8. The van der Waals surface area contributed by atoms with Crippen LogP contribution in [0.3, 0.4) is 0 Å². The zero-order chi connectivity index (χ0) is 15.2. The van der Waals surface area contributed by atoms with E-state index in [0.717, 1.165) is 63.1 Å². The minimum absolute atomic E-state index is 0.687. The zero-order valence-corrected chi connectivity index (χ0v) is 13.8. The highest BCUT2D eigenvalue weighted by Gasteiger charge is 2.16. The molecule has 21 heavy (non-hydrogen) atoms. The Hall–Kier alpha value is -1.20. The number of aryl methyl sites for hydroxylation is 2. The van der Waals surface area contributed by atoms with Gasteiger partial charge in [0.15, 0.2) is 0 Å². The molecule has 1 fully saturated rings. The van der Waals surface area contributed by atoms with Gasteiger partial charge in [-0.2, -0.15) is 0 Å². The van der Waals surface area contributed by atoms with Gasteiger partial charge in [-0.25, -0.2) is 9.97 Å². The first kappa shape index (κ1) is 16.2. The maximum atomic E-state index is 5.38. The summed E-state index contributed by atoms with van der Waals surface area (Å²) in [4.78, 5) is 11.6. The summed E-state index contributed by atoms with van der Waals surface area (Å²) in [5.41, 5.74) is 3.49. The first-order valence-corrected chi connectivity index (χ1v) is 7.95. The Morgan fingerprint density at radius 2 is 1.76 bits per heavy atom. The van der Waals surface area contributed by atoms with Crippen molar-refractivity contribution in [2.75, 3.05) is 44.3 Å².